The largest absolute Gasteiger partial charge is 0.465 e. The van der Waals surface area contributed by atoms with Gasteiger partial charge in [0.2, 0.25) is 0 Å². The molecule has 2 aromatic heterocycles. The Labute approximate surface area is 227 Å². The van der Waals surface area contributed by atoms with Crippen LogP contribution in [0.2, 0.25) is 0 Å². The molecule has 0 aliphatic heterocycles. The second kappa shape index (κ2) is 10.3. The third-order valence-electron chi connectivity index (χ3n) is 7.29. The zero-order valence-electron chi connectivity index (χ0n) is 21.6. The zero-order chi connectivity index (χ0) is 26.1. The zero-order valence-corrected chi connectivity index (χ0v) is 23.3. The number of carbonyl (C=O) groups is 1. The number of aryl methyl sites for hydroxylation is 3. The first-order valence-electron chi connectivity index (χ1n) is 13.0. The van der Waals surface area contributed by atoms with Gasteiger partial charge in [-0.2, -0.15) is 0 Å². The highest BCUT2D eigenvalue weighted by atomic mass is 32.1. The second-order valence-corrected chi connectivity index (χ2v) is 13.6. The number of rotatable bonds is 5. The molecule has 2 heterocycles. The van der Waals surface area contributed by atoms with E-state index in [0.717, 1.165) is 51.1 Å². The van der Waals surface area contributed by atoms with Crippen LogP contribution in [0.4, 0.5) is 5.69 Å². The van der Waals surface area contributed by atoms with Gasteiger partial charge in [0.25, 0.3) is 0 Å². The SMILES string of the molecule is COC(=O)c1c(C)nc2sc3c(c2c1N=P(c1ccccc1)(c1ccccc1)c1ccccc1)CCCC3. The maximum Gasteiger partial charge on any atom is 0.341 e. The maximum atomic E-state index is 13.4. The summed E-state index contributed by atoms with van der Waals surface area (Å²) in [7, 11) is -1.16. The van der Waals surface area contributed by atoms with E-state index in [1.54, 1.807) is 11.3 Å². The van der Waals surface area contributed by atoms with Crippen LogP contribution in [0, 0.1) is 6.92 Å². The number of benzene rings is 3. The standard InChI is InChI=1S/C32H29N2O2PS/c1-22-28(32(35)36-2)30(29-26-20-12-13-21-27(26)38-31(29)33-22)34-37(23-14-6-3-7-15-23,24-16-8-4-9-17-24)25-18-10-5-11-19-25/h3-11,14-19H,12-13,20-21H2,1-2H3. The van der Waals surface area contributed by atoms with Crippen molar-refractivity contribution in [2.75, 3.05) is 7.11 Å². The summed E-state index contributed by atoms with van der Waals surface area (Å²) >= 11 is 1.76. The molecule has 0 radical (unpaired) electrons. The first-order chi connectivity index (χ1) is 18.6. The minimum atomic E-state index is -2.59. The van der Waals surface area contributed by atoms with Crippen molar-refractivity contribution in [1.29, 1.82) is 0 Å². The Hall–Kier alpha value is -3.53. The van der Waals surface area contributed by atoms with Gasteiger partial charge in [0, 0.05) is 26.2 Å². The number of hydrogen-bond donors (Lipinski definition) is 0. The Bertz CT molecular complexity index is 1580. The summed E-state index contributed by atoms with van der Waals surface area (Å²) in [6.45, 7) is 1.90. The summed E-state index contributed by atoms with van der Waals surface area (Å²) in [4.78, 5) is 20.6. The van der Waals surface area contributed by atoms with Gasteiger partial charge in [-0.15, -0.1) is 11.3 Å². The number of carbonyl (C=O) groups excluding carboxylic acids is 1. The second-order valence-electron chi connectivity index (χ2n) is 9.55. The van der Waals surface area contributed by atoms with Crippen LogP contribution in [-0.4, -0.2) is 18.1 Å². The Balaban J connectivity index is 1.85. The summed E-state index contributed by atoms with van der Waals surface area (Å²) in [5.74, 6) is -0.390. The fourth-order valence-electron chi connectivity index (χ4n) is 5.53. The van der Waals surface area contributed by atoms with Gasteiger partial charge in [0.15, 0.2) is 0 Å². The predicted octanol–water partition coefficient (Wildman–Crippen LogP) is 7.08. The molecule has 38 heavy (non-hydrogen) atoms. The Morgan fingerprint density at radius 2 is 1.37 bits per heavy atom. The van der Waals surface area contributed by atoms with Crippen molar-refractivity contribution in [3.05, 3.63) is 113 Å². The average Bonchev–Trinajstić information content (AvgIpc) is 3.35. The van der Waals surface area contributed by atoms with Crippen molar-refractivity contribution in [2.45, 2.75) is 32.6 Å². The van der Waals surface area contributed by atoms with Crippen LogP contribution in [0.5, 0.6) is 0 Å². The lowest BCUT2D eigenvalue weighted by Gasteiger charge is -2.28. The molecule has 0 N–H and O–H groups in total. The van der Waals surface area contributed by atoms with E-state index < -0.39 is 13.0 Å². The van der Waals surface area contributed by atoms with Gasteiger partial charge >= 0.3 is 5.97 Å². The first-order valence-corrected chi connectivity index (χ1v) is 15.5. The molecule has 4 nitrogen and oxygen atoms in total. The maximum absolute atomic E-state index is 13.4. The van der Waals surface area contributed by atoms with Crippen LogP contribution in [-0.2, 0) is 17.6 Å². The number of thiophene rings is 1. The van der Waals surface area contributed by atoms with Gasteiger partial charge in [0.1, 0.15) is 10.4 Å². The molecular formula is C32H29N2O2PS. The molecular weight excluding hydrogens is 507 g/mol. The van der Waals surface area contributed by atoms with Gasteiger partial charge in [-0.25, -0.2) is 9.78 Å². The molecule has 190 valence electrons. The van der Waals surface area contributed by atoms with Crippen molar-refractivity contribution in [3.63, 3.8) is 0 Å². The summed E-state index contributed by atoms with van der Waals surface area (Å²) < 4.78 is 11.2. The fourth-order valence-corrected chi connectivity index (χ4v) is 10.4. The van der Waals surface area contributed by atoms with E-state index >= 15 is 0 Å². The van der Waals surface area contributed by atoms with Crippen molar-refractivity contribution in [3.8, 4) is 0 Å². The van der Waals surface area contributed by atoms with Crippen LogP contribution in [0.3, 0.4) is 0 Å². The lowest BCUT2D eigenvalue weighted by molar-refractivity contribution is 0.0600. The highest BCUT2D eigenvalue weighted by Crippen LogP contribution is 2.53. The van der Waals surface area contributed by atoms with Crippen molar-refractivity contribution in [1.82, 2.24) is 4.98 Å². The van der Waals surface area contributed by atoms with Crippen LogP contribution >= 0.6 is 18.4 Å². The molecule has 3 aromatic carbocycles. The number of aromatic nitrogens is 1. The minimum Gasteiger partial charge on any atom is -0.465 e. The lowest BCUT2D eigenvalue weighted by Crippen LogP contribution is -2.25. The van der Waals surface area contributed by atoms with E-state index in [1.807, 2.05) is 25.1 Å². The Morgan fingerprint density at radius 1 is 0.842 bits per heavy atom. The molecule has 0 spiro atoms. The van der Waals surface area contributed by atoms with E-state index in [0.29, 0.717) is 11.3 Å². The highest BCUT2D eigenvalue weighted by Gasteiger charge is 2.32. The normalized spacial score (nSPS) is 13.2. The monoisotopic (exact) mass is 536 g/mol. The van der Waals surface area contributed by atoms with Crippen molar-refractivity contribution in [2.24, 2.45) is 4.74 Å². The third kappa shape index (κ3) is 4.11. The Kier molecular flexibility index (Phi) is 6.73. The molecule has 6 heteroatoms. The Morgan fingerprint density at radius 3 is 1.89 bits per heavy atom. The van der Waals surface area contributed by atoms with Crippen molar-refractivity contribution < 1.29 is 9.53 Å². The van der Waals surface area contributed by atoms with E-state index in [9.17, 15) is 4.79 Å². The summed E-state index contributed by atoms with van der Waals surface area (Å²) in [6, 6.07) is 31.6. The molecule has 0 fully saturated rings. The predicted molar refractivity (Wildman–Crippen MR) is 160 cm³/mol. The van der Waals surface area contributed by atoms with Gasteiger partial charge in [0.05, 0.1) is 25.5 Å². The van der Waals surface area contributed by atoms with E-state index in [2.05, 4.69) is 72.8 Å². The molecule has 5 aromatic rings. The van der Waals surface area contributed by atoms with Crippen LogP contribution in [0.1, 0.15) is 39.3 Å². The molecule has 0 atom stereocenters. The van der Waals surface area contributed by atoms with Crippen molar-refractivity contribution >= 4 is 56.2 Å². The van der Waals surface area contributed by atoms with Crippen LogP contribution < -0.4 is 15.9 Å². The van der Waals surface area contributed by atoms with E-state index in [1.165, 1.54) is 24.0 Å². The molecule has 6 rings (SSSR count). The smallest absolute Gasteiger partial charge is 0.341 e. The quantitative estimate of drug-likeness (QED) is 0.178. The fraction of sp³-hybridized carbons (Fsp3) is 0.188. The summed E-state index contributed by atoms with van der Waals surface area (Å²) in [5.41, 5.74) is 3.16. The molecule has 0 amide bonds. The highest BCUT2D eigenvalue weighted by molar-refractivity contribution is 7.87. The number of hydrogen-bond acceptors (Lipinski definition) is 5. The average molecular weight is 537 g/mol. The number of ether oxygens (including phenoxy) is 1. The molecule has 0 unspecified atom stereocenters. The number of methoxy groups -OCH3 is 1. The topological polar surface area (TPSA) is 51.5 Å². The summed E-state index contributed by atoms with van der Waals surface area (Å²) in [5, 5.41) is 4.45. The molecule has 0 saturated carbocycles. The lowest BCUT2D eigenvalue weighted by atomic mass is 9.95. The number of pyridine rings is 1. The third-order valence-corrected chi connectivity index (χ3v) is 12.1. The van der Waals surface area contributed by atoms with Gasteiger partial charge in [-0.3, -0.25) is 4.74 Å². The summed E-state index contributed by atoms with van der Waals surface area (Å²) in [6.07, 6.45) is 4.36. The minimum absolute atomic E-state index is 0.390. The number of fused-ring (bicyclic) bond motifs is 3. The van der Waals surface area contributed by atoms with Crippen LogP contribution in [0.15, 0.2) is 95.7 Å². The molecule has 0 saturated heterocycles. The number of nitrogens with zero attached hydrogens (tertiary/aromatic N) is 2. The first kappa shape index (κ1) is 24.8. The molecule has 1 aliphatic carbocycles. The van der Waals surface area contributed by atoms with Gasteiger partial charge in [-0.05, 0) is 38.2 Å². The van der Waals surface area contributed by atoms with Gasteiger partial charge < -0.3 is 4.74 Å². The number of esters is 1. The van der Waals surface area contributed by atoms with Crippen LogP contribution in [0.25, 0.3) is 10.2 Å². The molecule has 1 aliphatic rings. The molecule has 0 bridgehead atoms. The van der Waals surface area contributed by atoms with Gasteiger partial charge in [-0.1, -0.05) is 91.0 Å². The van der Waals surface area contributed by atoms with E-state index in [-0.39, 0.29) is 0 Å². The van der Waals surface area contributed by atoms with E-state index in [4.69, 9.17) is 14.5 Å².